The molecule has 82 valence electrons. The fourth-order valence-electron chi connectivity index (χ4n) is 0.928. The lowest BCUT2D eigenvalue weighted by atomic mass is 10.2. The molecule has 0 spiro atoms. The van der Waals surface area contributed by atoms with Crippen LogP contribution in [0.25, 0.3) is 10.4 Å². The molecule has 1 aromatic rings. The molecule has 0 saturated heterocycles. The van der Waals surface area contributed by atoms with Gasteiger partial charge in [-0.2, -0.15) is 8.78 Å². The second-order valence-electron chi connectivity index (χ2n) is 2.59. The minimum atomic E-state index is -2.83. The summed E-state index contributed by atoms with van der Waals surface area (Å²) in [6.45, 7) is -2.76. The lowest BCUT2D eigenvalue weighted by Gasteiger charge is -2.02. The van der Waals surface area contributed by atoms with Crippen molar-refractivity contribution in [1.29, 1.82) is 0 Å². The summed E-state index contributed by atoms with van der Waals surface area (Å²) in [5, 5.41) is 3.23. The number of halogens is 2. The smallest absolute Gasteiger partial charge is 0.387 e. The summed E-state index contributed by atoms with van der Waals surface area (Å²) in [6.07, 6.45) is 0. The molecular formula is C10H7F2N3O. The fourth-order valence-corrected chi connectivity index (χ4v) is 0.928. The van der Waals surface area contributed by atoms with Crippen molar-refractivity contribution in [3.8, 4) is 17.6 Å². The molecule has 0 aromatic heterocycles. The van der Waals surface area contributed by atoms with Crippen molar-refractivity contribution in [2.45, 2.75) is 6.61 Å². The van der Waals surface area contributed by atoms with Crippen LogP contribution < -0.4 is 4.74 Å². The van der Waals surface area contributed by atoms with Gasteiger partial charge in [0, 0.05) is 10.5 Å². The third-order valence-electron chi connectivity index (χ3n) is 1.53. The second-order valence-corrected chi connectivity index (χ2v) is 2.59. The van der Waals surface area contributed by atoms with E-state index >= 15 is 0 Å². The predicted molar refractivity (Wildman–Crippen MR) is 54.0 cm³/mol. The summed E-state index contributed by atoms with van der Waals surface area (Å²) in [5.41, 5.74) is 8.62. The molecular weight excluding hydrogens is 216 g/mol. The van der Waals surface area contributed by atoms with Gasteiger partial charge in [0.1, 0.15) is 5.75 Å². The molecule has 6 heteroatoms. The lowest BCUT2D eigenvalue weighted by Crippen LogP contribution is -2.01. The number of nitrogens with zero attached hydrogens (tertiary/aromatic N) is 3. The van der Waals surface area contributed by atoms with Crippen molar-refractivity contribution < 1.29 is 13.5 Å². The van der Waals surface area contributed by atoms with E-state index in [-0.39, 0.29) is 12.3 Å². The first-order chi connectivity index (χ1) is 7.72. The summed E-state index contributed by atoms with van der Waals surface area (Å²) in [5.74, 6) is 5.38. The third-order valence-corrected chi connectivity index (χ3v) is 1.53. The maximum absolute atomic E-state index is 11.8. The van der Waals surface area contributed by atoms with Crippen LogP contribution in [0.3, 0.4) is 0 Å². The Labute approximate surface area is 90.5 Å². The zero-order valence-electron chi connectivity index (χ0n) is 8.10. The normalized spacial score (nSPS) is 8.94. The highest BCUT2D eigenvalue weighted by Crippen LogP contribution is 2.14. The lowest BCUT2D eigenvalue weighted by molar-refractivity contribution is -0.0498. The van der Waals surface area contributed by atoms with Gasteiger partial charge in [-0.1, -0.05) is 17.0 Å². The van der Waals surface area contributed by atoms with Gasteiger partial charge in [0.2, 0.25) is 0 Å². The number of hydrogen-bond acceptors (Lipinski definition) is 2. The predicted octanol–water partition coefficient (Wildman–Crippen LogP) is 2.95. The summed E-state index contributed by atoms with van der Waals surface area (Å²) >= 11 is 0. The van der Waals surface area contributed by atoms with Crippen LogP contribution in [0.4, 0.5) is 8.78 Å². The molecule has 0 heterocycles. The first-order valence-corrected chi connectivity index (χ1v) is 4.27. The maximum atomic E-state index is 11.8. The first-order valence-electron chi connectivity index (χ1n) is 4.27. The molecule has 0 bridgehead atoms. The van der Waals surface area contributed by atoms with Crippen molar-refractivity contribution >= 4 is 0 Å². The number of ether oxygens (including phenoxy) is 1. The van der Waals surface area contributed by atoms with Gasteiger partial charge in [-0.05, 0) is 29.8 Å². The van der Waals surface area contributed by atoms with E-state index in [1.165, 1.54) is 12.1 Å². The van der Waals surface area contributed by atoms with Gasteiger partial charge in [-0.25, -0.2) is 0 Å². The van der Waals surface area contributed by atoms with E-state index in [0.29, 0.717) is 5.56 Å². The zero-order chi connectivity index (χ0) is 11.8. The molecule has 0 amide bonds. The van der Waals surface area contributed by atoms with Crippen LogP contribution in [-0.4, -0.2) is 13.2 Å². The topological polar surface area (TPSA) is 58.0 Å². The first kappa shape index (κ1) is 11.8. The van der Waals surface area contributed by atoms with E-state index in [0.717, 1.165) is 0 Å². The maximum Gasteiger partial charge on any atom is 0.387 e. The standard InChI is InChI=1S/C10H7F2N3O/c11-10(12)16-9-5-3-8(4-6-9)2-1-7-14-15-13/h3-6,10H,7H2. The molecule has 1 rings (SSSR count). The van der Waals surface area contributed by atoms with Crippen LogP contribution in [0.1, 0.15) is 5.56 Å². The molecule has 0 aliphatic carbocycles. The Balaban J connectivity index is 2.62. The van der Waals surface area contributed by atoms with Gasteiger partial charge >= 0.3 is 6.61 Å². The van der Waals surface area contributed by atoms with Gasteiger partial charge < -0.3 is 4.74 Å². The highest BCUT2D eigenvalue weighted by Gasteiger charge is 2.02. The summed E-state index contributed by atoms with van der Waals surface area (Å²) in [7, 11) is 0. The average Bonchev–Trinajstić information content (AvgIpc) is 2.26. The average molecular weight is 223 g/mol. The summed E-state index contributed by atoms with van der Waals surface area (Å²) in [6, 6.07) is 5.87. The quantitative estimate of drug-likeness (QED) is 0.336. The van der Waals surface area contributed by atoms with Crippen molar-refractivity contribution in [2.75, 3.05) is 6.54 Å². The minimum absolute atomic E-state index is 0.0752. The Bertz CT molecular complexity index is 441. The summed E-state index contributed by atoms with van der Waals surface area (Å²) in [4.78, 5) is 2.53. The van der Waals surface area contributed by atoms with E-state index in [4.69, 9.17) is 5.53 Å². The Kier molecular flexibility index (Phi) is 4.64. The molecule has 0 radical (unpaired) electrons. The van der Waals surface area contributed by atoms with Gasteiger partial charge in [0.05, 0.1) is 6.54 Å². The fraction of sp³-hybridized carbons (Fsp3) is 0.200. The van der Waals surface area contributed by atoms with Gasteiger partial charge in [-0.15, -0.1) is 0 Å². The van der Waals surface area contributed by atoms with Crippen molar-refractivity contribution in [1.82, 2.24) is 0 Å². The molecule has 0 N–H and O–H groups in total. The number of benzene rings is 1. The largest absolute Gasteiger partial charge is 0.435 e. The van der Waals surface area contributed by atoms with Crippen LogP contribution in [0, 0.1) is 11.8 Å². The monoisotopic (exact) mass is 223 g/mol. The molecule has 0 aliphatic rings. The van der Waals surface area contributed by atoms with Crippen molar-refractivity contribution in [3.63, 3.8) is 0 Å². The van der Waals surface area contributed by atoms with E-state index in [1.807, 2.05) is 0 Å². The second kappa shape index (κ2) is 6.27. The Morgan fingerprint density at radius 3 is 2.62 bits per heavy atom. The van der Waals surface area contributed by atoms with Gasteiger partial charge in [0.15, 0.2) is 0 Å². The molecule has 1 aromatic carbocycles. The number of hydrogen-bond donors (Lipinski definition) is 0. The molecule has 0 aliphatic heterocycles. The number of rotatable bonds is 3. The van der Waals surface area contributed by atoms with Crippen molar-refractivity contribution in [2.24, 2.45) is 5.11 Å². The molecule has 4 nitrogen and oxygen atoms in total. The third kappa shape index (κ3) is 4.31. The number of alkyl halides is 2. The molecule has 0 saturated carbocycles. The molecule has 16 heavy (non-hydrogen) atoms. The van der Waals surface area contributed by atoms with Crippen molar-refractivity contribution in [3.05, 3.63) is 40.3 Å². The van der Waals surface area contributed by atoms with E-state index in [9.17, 15) is 8.78 Å². The van der Waals surface area contributed by atoms with Gasteiger partial charge in [0.25, 0.3) is 0 Å². The van der Waals surface area contributed by atoms with Crippen LogP contribution in [0.15, 0.2) is 29.4 Å². The Hall–Kier alpha value is -2.25. The molecule has 0 fully saturated rings. The van der Waals surface area contributed by atoms with Crippen LogP contribution in [0.2, 0.25) is 0 Å². The van der Waals surface area contributed by atoms with Crippen LogP contribution >= 0.6 is 0 Å². The zero-order valence-corrected chi connectivity index (χ0v) is 8.10. The van der Waals surface area contributed by atoms with E-state index in [2.05, 4.69) is 26.6 Å². The molecule has 0 unspecified atom stereocenters. The molecule has 0 atom stereocenters. The highest BCUT2D eigenvalue weighted by molar-refractivity contribution is 5.38. The van der Waals surface area contributed by atoms with Crippen LogP contribution in [-0.2, 0) is 0 Å². The van der Waals surface area contributed by atoms with Crippen LogP contribution in [0.5, 0.6) is 5.75 Å². The summed E-state index contributed by atoms with van der Waals surface area (Å²) < 4.78 is 27.8. The highest BCUT2D eigenvalue weighted by atomic mass is 19.3. The SMILES string of the molecule is [N-]=[N+]=NCC#Cc1ccc(OC(F)F)cc1. The number of azide groups is 1. The Morgan fingerprint density at radius 1 is 1.38 bits per heavy atom. The van der Waals surface area contributed by atoms with E-state index < -0.39 is 6.61 Å². The van der Waals surface area contributed by atoms with E-state index in [1.54, 1.807) is 12.1 Å². The Morgan fingerprint density at radius 2 is 2.06 bits per heavy atom. The van der Waals surface area contributed by atoms with Gasteiger partial charge in [-0.3, -0.25) is 0 Å². The minimum Gasteiger partial charge on any atom is -0.435 e.